The number of phenols is 1. The van der Waals surface area contributed by atoms with Gasteiger partial charge in [0.25, 0.3) is 0 Å². The van der Waals surface area contributed by atoms with Gasteiger partial charge in [-0.2, -0.15) is 15.1 Å². The van der Waals surface area contributed by atoms with Crippen LogP contribution >= 0.6 is 0 Å². The van der Waals surface area contributed by atoms with Gasteiger partial charge in [0, 0.05) is 32.2 Å². The molecule has 2 aliphatic heterocycles. The third-order valence-electron chi connectivity index (χ3n) is 4.68. The summed E-state index contributed by atoms with van der Waals surface area (Å²) >= 11 is 0. The van der Waals surface area contributed by atoms with Gasteiger partial charge in [-0.1, -0.05) is 12.1 Å². The first kappa shape index (κ1) is 18.6. The van der Waals surface area contributed by atoms with Crippen LogP contribution in [0.15, 0.2) is 40.6 Å². The zero-order chi connectivity index (χ0) is 19.2. The SMILES string of the molecule is Oc1ccc(CN=Nc2cc(N3CCOCC3)nc(N3CCOCC3)n2)cc1. The highest BCUT2D eigenvalue weighted by Crippen LogP contribution is 2.24. The molecule has 2 aliphatic rings. The smallest absolute Gasteiger partial charge is 0.229 e. The Morgan fingerprint density at radius 3 is 2.21 bits per heavy atom. The molecule has 0 unspecified atom stereocenters. The van der Waals surface area contributed by atoms with Gasteiger partial charge in [0.15, 0.2) is 5.82 Å². The second kappa shape index (κ2) is 8.94. The van der Waals surface area contributed by atoms with Crippen LogP contribution in [-0.2, 0) is 16.0 Å². The van der Waals surface area contributed by atoms with Crippen LogP contribution in [0.25, 0.3) is 0 Å². The van der Waals surface area contributed by atoms with E-state index in [0.717, 1.165) is 37.6 Å². The number of aromatic nitrogens is 2. The van der Waals surface area contributed by atoms with E-state index in [-0.39, 0.29) is 5.75 Å². The van der Waals surface area contributed by atoms with E-state index in [0.29, 0.717) is 44.7 Å². The minimum absolute atomic E-state index is 0.238. The van der Waals surface area contributed by atoms with Gasteiger partial charge in [-0.15, -0.1) is 5.11 Å². The Balaban J connectivity index is 1.55. The Bertz CT molecular complexity index is 766. The van der Waals surface area contributed by atoms with Crippen molar-refractivity contribution in [1.29, 1.82) is 0 Å². The number of azo groups is 1. The van der Waals surface area contributed by atoms with E-state index >= 15 is 0 Å². The van der Waals surface area contributed by atoms with Gasteiger partial charge in [0.2, 0.25) is 5.95 Å². The maximum absolute atomic E-state index is 9.37. The second-order valence-corrected chi connectivity index (χ2v) is 6.65. The number of rotatable bonds is 5. The van der Waals surface area contributed by atoms with Crippen LogP contribution in [0, 0.1) is 0 Å². The molecular formula is C19H24N6O3. The van der Waals surface area contributed by atoms with Crippen LogP contribution in [0.4, 0.5) is 17.6 Å². The van der Waals surface area contributed by atoms with E-state index in [1.807, 2.05) is 18.2 Å². The summed E-state index contributed by atoms with van der Waals surface area (Å²) in [7, 11) is 0. The van der Waals surface area contributed by atoms with Crippen molar-refractivity contribution in [3.8, 4) is 5.75 Å². The molecule has 9 nitrogen and oxygen atoms in total. The Hall–Kier alpha value is -2.78. The molecule has 4 rings (SSSR count). The molecule has 1 aromatic carbocycles. The summed E-state index contributed by atoms with van der Waals surface area (Å²) < 4.78 is 10.9. The summed E-state index contributed by atoms with van der Waals surface area (Å²) in [6.45, 7) is 6.25. The molecule has 148 valence electrons. The summed E-state index contributed by atoms with van der Waals surface area (Å²) in [5.41, 5.74) is 0.970. The van der Waals surface area contributed by atoms with E-state index in [1.165, 1.54) is 0 Å². The molecule has 0 atom stereocenters. The predicted molar refractivity (Wildman–Crippen MR) is 104 cm³/mol. The molecule has 2 aromatic rings. The maximum Gasteiger partial charge on any atom is 0.229 e. The highest BCUT2D eigenvalue weighted by molar-refractivity contribution is 5.52. The average molecular weight is 384 g/mol. The number of anilines is 2. The Labute approximate surface area is 163 Å². The fraction of sp³-hybridized carbons (Fsp3) is 0.474. The summed E-state index contributed by atoms with van der Waals surface area (Å²) in [4.78, 5) is 13.7. The van der Waals surface area contributed by atoms with Crippen molar-refractivity contribution in [1.82, 2.24) is 9.97 Å². The zero-order valence-electron chi connectivity index (χ0n) is 15.7. The molecule has 2 saturated heterocycles. The first-order chi connectivity index (χ1) is 13.8. The van der Waals surface area contributed by atoms with Gasteiger partial charge in [-0.25, -0.2) is 0 Å². The number of benzene rings is 1. The summed E-state index contributed by atoms with van der Waals surface area (Å²) in [5, 5.41) is 18.0. The molecular weight excluding hydrogens is 360 g/mol. The lowest BCUT2D eigenvalue weighted by Crippen LogP contribution is -2.39. The number of nitrogens with zero attached hydrogens (tertiary/aromatic N) is 6. The van der Waals surface area contributed by atoms with Crippen molar-refractivity contribution in [2.24, 2.45) is 10.2 Å². The van der Waals surface area contributed by atoms with Crippen LogP contribution in [0.1, 0.15) is 5.56 Å². The molecule has 0 bridgehead atoms. The normalized spacial score (nSPS) is 18.0. The van der Waals surface area contributed by atoms with Crippen molar-refractivity contribution >= 4 is 17.6 Å². The quantitative estimate of drug-likeness (QED) is 0.789. The standard InChI is InChI=1S/C19H24N6O3/c26-16-3-1-15(2-4-16)14-20-23-17-13-18(24-5-9-27-10-6-24)22-19(21-17)25-7-11-28-12-8-25/h1-4,13,26H,5-12,14H2. The van der Waals surface area contributed by atoms with E-state index in [9.17, 15) is 5.11 Å². The third-order valence-corrected chi connectivity index (χ3v) is 4.68. The minimum Gasteiger partial charge on any atom is -0.508 e. The summed E-state index contributed by atoms with van der Waals surface area (Å²) in [6.07, 6.45) is 0. The summed E-state index contributed by atoms with van der Waals surface area (Å²) in [6, 6.07) is 8.81. The number of hydrogen-bond acceptors (Lipinski definition) is 9. The van der Waals surface area contributed by atoms with Crippen molar-refractivity contribution < 1.29 is 14.6 Å². The molecule has 0 spiro atoms. The molecule has 1 aromatic heterocycles. The largest absolute Gasteiger partial charge is 0.508 e. The average Bonchev–Trinajstić information content (AvgIpc) is 2.76. The number of hydrogen-bond donors (Lipinski definition) is 1. The van der Waals surface area contributed by atoms with Crippen LogP contribution in [0.3, 0.4) is 0 Å². The maximum atomic E-state index is 9.37. The first-order valence-corrected chi connectivity index (χ1v) is 9.48. The minimum atomic E-state index is 0.238. The van der Waals surface area contributed by atoms with Gasteiger partial charge in [0.1, 0.15) is 11.6 Å². The molecule has 9 heteroatoms. The molecule has 28 heavy (non-hydrogen) atoms. The van der Waals surface area contributed by atoms with Crippen LogP contribution in [0.5, 0.6) is 5.75 Å². The van der Waals surface area contributed by atoms with E-state index in [4.69, 9.17) is 14.5 Å². The van der Waals surface area contributed by atoms with Crippen molar-refractivity contribution in [3.63, 3.8) is 0 Å². The lowest BCUT2D eigenvalue weighted by molar-refractivity contribution is 0.121. The van der Waals surface area contributed by atoms with Crippen LogP contribution in [-0.4, -0.2) is 67.7 Å². The van der Waals surface area contributed by atoms with E-state index in [1.54, 1.807) is 12.1 Å². The first-order valence-electron chi connectivity index (χ1n) is 9.48. The Morgan fingerprint density at radius 1 is 0.893 bits per heavy atom. The molecule has 3 heterocycles. The van der Waals surface area contributed by atoms with Crippen LogP contribution < -0.4 is 9.80 Å². The van der Waals surface area contributed by atoms with Crippen LogP contribution in [0.2, 0.25) is 0 Å². The number of morpholine rings is 2. The molecule has 0 radical (unpaired) electrons. The van der Waals surface area contributed by atoms with Crippen molar-refractivity contribution in [2.45, 2.75) is 6.54 Å². The highest BCUT2D eigenvalue weighted by atomic mass is 16.5. The number of ether oxygens (including phenoxy) is 2. The van der Waals surface area contributed by atoms with Gasteiger partial charge in [-0.05, 0) is 17.7 Å². The predicted octanol–water partition coefficient (Wildman–Crippen LogP) is 2.14. The van der Waals surface area contributed by atoms with Crippen molar-refractivity contribution in [3.05, 3.63) is 35.9 Å². The van der Waals surface area contributed by atoms with E-state index < -0.39 is 0 Å². The third kappa shape index (κ3) is 4.73. The lowest BCUT2D eigenvalue weighted by atomic mass is 10.2. The number of phenolic OH excluding ortho intramolecular Hbond substituents is 1. The van der Waals surface area contributed by atoms with Crippen molar-refractivity contribution in [2.75, 3.05) is 62.4 Å². The monoisotopic (exact) mass is 384 g/mol. The Morgan fingerprint density at radius 2 is 1.54 bits per heavy atom. The van der Waals surface area contributed by atoms with Gasteiger partial charge in [-0.3, -0.25) is 0 Å². The zero-order valence-corrected chi connectivity index (χ0v) is 15.7. The molecule has 2 fully saturated rings. The second-order valence-electron chi connectivity index (χ2n) is 6.65. The number of aromatic hydroxyl groups is 1. The molecule has 0 aliphatic carbocycles. The topological polar surface area (TPSA) is 95.7 Å². The molecule has 1 N–H and O–H groups in total. The fourth-order valence-corrected chi connectivity index (χ4v) is 3.11. The molecule has 0 saturated carbocycles. The highest BCUT2D eigenvalue weighted by Gasteiger charge is 2.19. The van der Waals surface area contributed by atoms with Gasteiger partial charge in [0.05, 0.1) is 33.0 Å². The van der Waals surface area contributed by atoms with Gasteiger partial charge >= 0.3 is 0 Å². The lowest BCUT2D eigenvalue weighted by Gasteiger charge is -2.30. The Kier molecular flexibility index (Phi) is 5.93. The molecule has 0 amide bonds. The van der Waals surface area contributed by atoms with Gasteiger partial charge < -0.3 is 24.4 Å². The van der Waals surface area contributed by atoms with E-state index in [2.05, 4.69) is 25.0 Å². The summed E-state index contributed by atoms with van der Waals surface area (Å²) in [5.74, 6) is 2.28. The fourth-order valence-electron chi connectivity index (χ4n) is 3.11.